The predicted octanol–water partition coefficient (Wildman–Crippen LogP) is 3.07. The number of H-pyrrole nitrogens is 1. The number of aromatic nitrogens is 6. The van der Waals surface area contributed by atoms with Gasteiger partial charge in [-0.25, -0.2) is 9.78 Å². The van der Waals surface area contributed by atoms with Crippen molar-refractivity contribution < 1.29 is 14.3 Å². The molecule has 4 aromatic heterocycles. The average Bonchev–Trinajstić information content (AvgIpc) is 3.70. The van der Waals surface area contributed by atoms with Crippen LogP contribution in [0.15, 0.2) is 36.8 Å². The van der Waals surface area contributed by atoms with Crippen molar-refractivity contribution in [1.29, 1.82) is 0 Å². The molecule has 0 radical (unpaired) electrons. The van der Waals surface area contributed by atoms with Crippen molar-refractivity contribution in [3.8, 4) is 22.8 Å². The molecule has 12 nitrogen and oxygen atoms in total. The number of likely N-dealkylation sites (tertiary alicyclic amines) is 1. The van der Waals surface area contributed by atoms with Gasteiger partial charge in [0.25, 0.3) is 0 Å². The maximum atomic E-state index is 12.7. The summed E-state index contributed by atoms with van der Waals surface area (Å²) >= 11 is 0. The number of nitrogens with zero attached hydrogens (tertiary/aromatic N) is 7. The molecule has 0 aliphatic carbocycles. The molecule has 0 saturated carbocycles. The van der Waals surface area contributed by atoms with Crippen molar-refractivity contribution in [3.63, 3.8) is 0 Å². The number of carbonyl (C=O) groups excluding carboxylic acids is 1. The summed E-state index contributed by atoms with van der Waals surface area (Å²) in [4.78, 5) is 26.4. The molecule has 2 aliphatic heterocycles. The largest absolute Gasteiger partial charge is 0.494 e. The summed E-state index contributed by atoms with van der Waals surface area (Å²) in [7, 11) is 1.59. The molecule has 37 heavy (non-hydrogen) atoms. The summed E-state index contributed by atoms with van der Waals surface area (Å²) in [5.41, 5.74) is 2.75. The molecule has 192 valence electrons. The zero-order chi connectivity index (χ0) is 25.4. The zero-order valence-corrected chi connectivity index (χ0v) is 20.8. The number of urea groups is 1. The van der Waals surface area contributed by atoms with Crippen LogP contribution in [0.3, 0.4) is 0 Å². The summed E-state index contributed by atoms with van der Waals surface area (Å²) in [6.07, 6.45) is 7.21. The molecule has 2 fully saturated rings. The standard InChI is InChI=1S/C25H29N9O3/c1-16-15-37-10-9-33(16)23-11-17(18-13-28-34(24(18)30-23)22-5-6-27-31-22)19-12-21(36-2)20(14-26-19)29-25(35)32-7-3-4-8-32/h5-6,11-14,16H,3-4,7-10,15H2,1-2H3,(H,27,31)(H,29,35)/t16-/m1/s1. The first-order valence-electron chi connectivity index (χ1n) is 12.5. The fourth-order valence-corrected chi connectivity index (χ4v) is 4.91. The van der Waals surface area contributed by atoms with Crippen LogP contribution in [0.5, 0.6) is 5.75 Å². The summed E-state index contributed by atoms with van der Waals surface area (Å²) in [5, 5.41) is 15.5. The molecule has 0 bridgehead atoms. The Bertz CT molecular complexity index is 1410. The van der Waals surface area contributed by atoms with E-state index in [4.69, 9.17) is 19.4 Å². The molecule has 2 aliphatic rings. The average molecular weight is 504 g/mol. The van der Waals surface area contributed by atoms with Gasteiger partial charge < -0.3 is 24.6 Å². The maximum Gasteiger partial charge on any atom is 0.321 e. The van der Waals surface area contributed by atoms with Crippen LogP contribution in [0.4, 0.5) is 16.3 Å². The molecular weight excluding hydrogens is 474 g/mol. The number of aromatic amines is 1. The number of hydrogen-bond acceptors (Lipinski definition) is 8. The van der Waals surface area contributed by atoms with Crippen LogP contribution in [0, 0.1) is 0 Å². The lowest BCUT2D eigenvalue weighted by Gasteiger charge is -2.34. The van der Waals surface area contributed by atoms with Crippen LogP contribution in [0.25, 0.3) is 28.1 Å². The molecule has 0 aromatic carbocycles. The number of methoxy groups -OCH3 is 1. The Hall–Kier alpha value is -4.19. The van der Waals surface area contributed by atoms with Gasteiger partial charge in [-0.15, -0.1) is 0 Å². The Balaban J connectivity index is 1.44. The van der Waals surface area contributed by atoms with E-state index in [1.807, 2.05) is 18.2 Å². The minimum absolute atomic E-state index is 0.138. The second kappa shape index (κ2) is 9.69. The molecule has 6 heterocycles. The van der Waals surface area contributed by atoms with Crippen molar-refractivity contribution >= 4 is 28.6 Å². The van der Waals surface area contributed by atoms with E-state index in [2.05, 4.69) is 32.4 Å². The van der Waals surface area contributed by atoms with Gasteiger partial charge >= 0.3 is 6.03 Å². The van der Waals surface area contributed by atoms with E-state index in [0.717, 1.165) is 49.2 Å². The Kier molecular flexibility index (Phi) is 6.08. The van der Waals surface area contributed by atoms with Gasteiger partial charge in [-0.2, -0.15) is 14.9 Å². The number of morpholine rings is 1. The highest BCUT2D eigenvalue weighted by Crippen LogP contribution is 2.35. The minimum atomic E-state index is -0.138. The first-order valence-corrected chi connectivity index (χ1v) is 12.5. The number of pyridine rings is 2. The van der Waals surface area contributed by atoms with E-state index in [1.54, 1.807) is 35.3 Å². The van der Waals surface area contributed by atoms with Gasteiger partial charge in [0.2, 0.25) is 0 Å². The van der Waals surface area contributed by atoms with E-state index in [-0.39, 0.29) is 12.1 Å². The fraction of sp³-hybridized carbons (Fsp3) is 0.400. The molecule has 2 N–H and O–H groups in total. The summed E-state index contributed by atoms with van der Waals surface area (Å²) < 4.78 is 13.0. The van der Waals surface area contributed by atoms with Crippen molar-refractivity contribution in [1.82, 2.24) is 34.8 Å². The number of carbonyl (C=O) groups is 1. The lowest BCUT2D eigenvalue weighted by atomic mass is 10.1. The van der Waals surface area contributed by atoms with Crippen LogP contribution < -0.4 is 15.0 Å². The van der Waals surface area contributed by atoms with Gasteiger partial charge in [-0.1, -0.05) is 0 Å². The lowest BCUT2D eigenvalue weighted by molar-refractivity contribution is 0.0985. The number of ether oxygens (including phenoxy) is 2. The Morgan fingerprint density at radius 3 is 2.81 bits per heavy atom. The molecule has 0 unspecified atom stereocenters. The third-order valence-electron chi connectivity index (χ3n) is 6.89. The van der Waals surface area contributed by atoms with Crippen LogP contribution in [-0.2, 0) is 4.74 Å². The maximum absolute atomic E-state index is 12.7. The molecule has 12 heteroatoms. The molecule has 2 saturated heterocycles. The van der Waals surface area contributed by atoms with Crippen molar-refractivity contribution in [2.45, 2.75) is 25.8 Å². The predicted molar refractivity (Wildman–Crippen MR) is 138 cm³/mol. The minimum Gasteiger partial charge on any atom is -0.494 e. The molecule has 1 atom stereocenters. The van der Waals surface area contributed by atoms with Gasteiger partial charge in [0.1, 0.15) is 17.3 Å². The Morgan fingerprint density at radius 1 is 1.19 bits per heavy atom. The number of fused-ring (bicyclic) bond motifs is 1. The van der Waals surface area contributed by atoms with Gasteiger partial charge in [0.15, 0.2) is 11.5 Å². The van der Waals surface area contributed by atoms with E-state index in [0.29, 0.717) is 41.8 Å². The van der Waals surface area contributed by atoms with Crippen molar-refractivity contribution in [2.24, 2.45) is 0 Å². The third-order valence-corrected chi connectivity index (χ3v) is 6.89. The molecule has 0 spiro atoms. The highest BCUT2D eigenvalue weighted by molar-refractivity contribution is 5.95. The number of anilines is 2. The van der Waals surface area contributed by atoms with Gasteiger partial charge in [-0.05, 0) is 25.8 Å². The number of hydrogen-bond donors (Lipinski definition) is 2. The molecule has 6 rings (SSSR count). The second-order valence-electron chi connectivity index (χ2n) is 9.27. The SMILES string of the molecule is COc1cc(-c2cc(N3CCOC[C@H]3C)nc3c2cnn3-c2cc[nH]n2)ncc1NC(=O)N1CCCC1. The zero-order valence-electron chi connectivity index (χ0n) is 20.8. The molecule has 2 amide bonds. The summed E-state index contributed by atoms with van der Waals surface area (Å²) in [5.74, 6) is 1.98. The number of amides is 2. The molecule has 4 aromatic rings. The number of nitrogens with one attached hydrogen (secondary N) is 2. The van der Waals surface area contributed by atoms with E-state index < -0.39 is 0 Å². The van der Waals surface area contributed by atoms with Crippen LogP contribution in [0.1, 0.15) is 19.8 Å². The summed E-state index contributed by atoms with van der Waals surface area (Å²) in [6, 6.07) is 5.74. The number of rotatable bonds is 5. The molecular formula is C25H29N9O3. The van der Waals surface area contributed by atoms with Crippen LogP contribution in [-0.4, -0.2) is 86.9 Å². The van der Waals surface area contributed by atoms with Gasteiger partial charge in [0.05, 0.1) is 44.5 Å². The second-order valence-corrected chi connectivity index (χ2v) is 9.27. The van der Waals surface area contributed by atoms with E-state index in [9.17, 15) is 4.79 Å². The Labute approximate surface area is 213 Å². The smallest absolute Gasteiger partial charge is 0.321 e. The van der Waals surface area contributed by atoms with Crippen molar-refractivity contribution in [3.05, 3.63) is 36.8 Å². The quantitative estimate of drug-likeness (QED) is 0.426. The summed E-state index contributed by atoms with van der Waals surface area (Å²) in [6.45, 7) is 5.64. The third kappa shape index (κ3) is 4.33. The van der Waals surface area contributed by atoms with Crippen LogP contribution >= 0.6 is 0 Å². The van der Waals surface area contributed by atoms with E-state index >= 15 is 0 Å². The lowest BCUT2D eigenvalue weighted by Crippen LogP contribution is -2.44. The van der Waals surface area contributed by atoms with Crippen molar-refractivity contribution in [2.75, 3.05) is 50.2 Å². The topological polar surface area (TPSA) is 126 Å². The Morgan fingerprint density at radius 2 is 2.05 bits per heavy atom. The highest BCUT2D eigenvalue weighted by Gasteiger charge is 2.25. The van der Waals surface area contributed by atoms with Gasteiger partial charge in [-0.3, -0.25) is 10.1 Å². The van der Waals surface area contributed by atoms with E-state index in [1.165, 1.54) is 0 Å². The highest BCUT2D eigenvalue weighted by atomic mass is 16.5. The fourth-order valence-electron chi connectivity index (χ4n) is 4.91. The first kappa shape index (κ1) is 23.2. The first-order chi connectivity index (χ1) is 18.1. The normalized spacial score (nSPS) is 17.9. The van der Waals surface area contributed by atoms with Crippen LogP contribution in [0.2, 0.25) is 0 Å². The monoisotopic (exact) mass is 503 g/mol. The van der Waals surface area contributed by atoms with Gasteiger partial charge in [0, 0.05) is 48.9 Å².